The van der Waals surface area contributed by atoms with Gasteiger partial charge in [-0.2, -0.15) is 0 Å². The quantitative estimate of drug-likeness (QED) is 0.0760. The van der Waals surface area contributed by atoms with Crippen LogP contribution in [-0.4, -0.2) is 86.5 Å². The van der Waals surface area contributed by atoms with Gasteiger partial charge in [-0.15, -0.1) is 0 Å². The number of nitrogens with one attached hydrogen (secondary N) is 2. The molecular formula is C48H64N4O6. The number of hydrogen-bond donors (Lipinski definition) is 2. The van der Waals surface area contributed by atoms with Gasteiger partial charge in [-0.25, -0.2) is 4.79 Å². The molecule has 312 valence electrons. The lowest BCUT2D eigenvalue weighted by molar-refractivity contribution is -0.116. The molecule has 0 saturated heterocycles. The summed E-state index contributed by atoms with van der Waals surface area (Å²) in [6.45, 7) is 21.7. The summed E-state index contributed by atoms with van der Waals surface area (Å²) in [5.74, 6) is 1.54. The summed E-state index contributed by atoms with van der Waals surface area (Å²) in [5, 5.41) is 6.07. The molecule has 1 atom stereocenters. The number of anilines is 1. The van der Waals surface area contributed by atoms with Crippen LogP contribution in [0, 0.1) is 0 Å². The molecule has 0 saturated carbocycles. The van der Waals surface area contributed by atoms with Gasteiger partial charge in [0.1, 0.15) is 29.5 Å². The van der Waals surface area contributed by atoms with Crippen LogP contribution in [0.5, 0.6) is 17.2 Å². The van der Waals surface area contributed by atoms with Crippen LogP contribution in [0.1, 0.15) is 96.4 Å². The number of nitrogens with zero attached hydrogens (tertiary/aromatic N) is 2. The van der Waals surface area contributed by atoms with Gasteiger partial charge in [0.2, 0.25) is 5.91 Å². The van der Waals surface area contributed by atoms with Crippen molar-refractivity contribution in [3.63, 3.8) is 0 Å². The van der Waals surface area contributed by atoms with E-state index in [2.05, 4.69) is 72.4 Å². The first-order chi connectivity index (χ1) is 28.0. The Hall–Kier alpha value is -5.06. The molecule has 0 aliphatic heterocycles. The monoisotopic (exact) mass is 792 g/mol. The number of carbonyl (C=O) groups excluding carboxylic acids is 2. The van der Waals surface area contributed by atoms with Crippen LogP contribution in [0.3, 0.4) is 0 Å². The molecule has 0 aromatic heterocycles. The van der Waals surface area contributed by atoms with Crippen molar-refractivity contribution >= 4 is 17.7 Å². The molecule has 2 amide bonds. The molecule has 4 aromatic rings. The Balaban J connectivity index is 1.30. The van der Waals surface area contributed by atoms with Crippen LogP contribution < -0.4 is 24.8 Å². The SMILES string of the molecule is CCN(CC)CCCOc1ccc(NC(=O)CC(NC(=O)OCC2c3ccccc3-c3ccccc32)c2ccc(OC(C)(C)C)cc2)c(OCCCN(CC)CC)c1. The van der Waals surface area contributed by atoms with Gasteiger partial charge < -0.3 is 39.4 Å². The van der Waals surface area contributed by atoms with E-state index in [4.69, 9.17) is 18.9 Å². The van der Waals surface area contributed by atoms with E-state index in [1.807, 2.05) is 87.5 Å². The molecule has 10 nitrogen and oxygen atoms in total. The van der Waals surface area contributed by atoms with Crippen molar-refractivity contribution < 1.29 is 28.5 Å². The Bertz CT molecular complexity index is 1860. The van der Waals surface area contributed by atoms with Gasteiger partial charge >= 0.3 is 6.09 Å². The highest BCUT2D eigenvalue weighted by molar-refractivity contribution is 5.93. The largest absolute Gasteiger partial charge is 0.493 e. The number of hydrogen-bond acceptors (Lipinski definition) is 8. The number of ether oxygens (including phenoxy) is 4. The predicted octanol–water partition coefficient (Wildman–Crippen LogP) is 9.69. The molecule has 0 spiro atoms. The number of rotatable bonds is 22. The van der Waals surface area contributed by atoms with Gasteiger partial charge in [-0.3, -0.25) is 4.79 Å². The number of benzene rings is 4. The summed E-state index contributed by atoms with van der Waals surface area (Å²) in [4.78, 5) is 32.2. The van der Waals surface area contributed by atoms with Crippen molar-refractivity contribution in [1.29, 1.82) is 0 Å². The molecule has 2 N–H and O–H groups in total. The molecule has 1 unspecified atom stereocenters. The molecule has 0 heterocycles. The number of alkyl carbamates (subject to hydrolysis) is 1. The standard InChI is InChI=1S/C48H64N4O6/c1-8-51(9-2)28-16-30-55-37-26-27-43(45(32-37)56-31-17-29-52(10-3)11-4)49-46(53)33-44(35-22-24-36(25-23-35)58-48(5,6)7)50-47(54)57-34-42-40-20-14-12-18-38(40)39-19-13-15-21-41(39)42/h12-15,18-27,32,42,44H,8-11,16-17,28-31,33-34H2,1-7H3,(H,49,53)(H,50,54). The van der Waals surface area contributed by atoms with Crippen LogP contribution in [0.4, 0.5) is 10.5 Å². The molecule has 4 aromatic carbocycles. The fraction of sp³-hybridized carbons (Fsp3) is 0.458. The van der Waals surface area contributed by atoms with Crippen LogP contribution in [0.25, 0.3) is 11.1 Å². The topological polar surface area (TPSA) is 102 Å². The second kappa shape index (κ2) is 21.6. The maximum absolute atomic E-state index is 13.9. The third-order valence-electron chi connectivity index (χ3n) is 10.5. The summed E-state index contributed by atoms with van der Waals surface area (Å²) >= 11 is 0. The lowest BCUT2D eigenvalue weighted by Gasteiger charge is -2.23. The average molecular weight is 793 g/mol. The van der Waals surface area contributed by atoms with E-state index < -0.39 is 12.1 Å². The first-order valence-electron chi connectivity index (χ1n) is 21.1. The number of fused-ring (bicyclic) bond motifs is 3. The minimum absolute atomic E-state index is 0.0469. The van der Waals surface area contributed by atoms with Crippen molar-refractivity contribution in [1.82, 2.24) is 15.1 Å². The minimum Gasteiger partial charge on any atom is -0.493 e. The van der Waals surface area contributed by atoms with Gasteiger partial charge in [0.25, 0.3) is 0 Å². The van der Waals surface area contributed by atoms with Crippen molar-refractivity contribution in [3.05, 3.63) is 108 Å². The highest BCUT2D eigenvalue weighted by Gasteiger charge is 2.30. The number of carbonyl (C=O) groups is 2. The van der Waals surface area contributed by atoms with Gasteiger partial charge in [-0.05, 0) is 112 Å². The Morgan fingerprint density at radius 2 is 1.26 bits per heavy atom. The Morgan fingerprint density at radius 3 is 1.83 bits per heavy atom. The summed E-state index contributed by atoms with van der Waals surface area (Å²) in [7, 11) is 0. The highest BCUT2D eigenvalue weighted by Crippen LogP contribution is 2.44. The Labute approximate surface area is 346 Å². The zero-order valence-electron chi connectivity index (χ0n) is 35.6. The fourth-order valence-corrected chi connectivity index (χ4v) is 7.39. The lowest BCUT2D eigenvalue weighted by atomic mass is 9.98. The maximum atomic E-state index is 13.9. The first-order valence-corrected chi connectivity index (χ1v) is 21.1. The van der Waals surface area contributed by atoms with Crippen LogP contribution in [0.15, 0.2) is 91.0 Å². The average Bonchev–Trinajstić information content (AvgIpc) is 3.53. The Kier molecular flexibility index (Phi) is 16.4. The first kappa shape index (κ1) is 44.1. The van der Waals surface area contributed by atoms with E-state index >= 15 is 0 Å². The van der Waals surface area contributed by atoms with E-state index in [1.165, 1.54) is 0 Å². The van der Waals surface area contributed by atoms with Crippen LogP contribution in [-0.2, 0) is 9.53 Å². The summed E-state index contributed by atoms with van der Waals surface area (Å²) in [6, 6.07) is 28.8. The molecule has 58 heavy (non-hydrogen) atoms. The zero-order valence-corrected chi connectivity index (χ0v) is 35.6. The summed E-state index contributed by atoms with van der Waals surface area (Å²) in [6.07, 6.45) is 1.09. The van der Waals surface area contributed by atoms with E-state index in [1.54, 1.807) is 0 Å². The maximum Gasteiger partial charge on any atom is 0.407 e. The second-order valence-electron chi connectivity index (χ2n) is 15.7. The zero-order chi connectivity index (χ0) is 41.5. The molecule has 5 rings (SSSR count). The molecule has 0 radical (unpaired) electrons. The smallest absolute Gasteiger partial charge is 0.407 e. The van der Waals surface area contributed by atoms with E-state index in [-0.39, 0.29) is 30.5 Å². The van der Waals surface area contributed by atoms with Gasteiger partial charge in [0.15, 0.2) is 0 Å². The third kappa shape index (κ3) is 12.7. The molecule has 1 aliphatic carbocycles. The molecule has 0 bridgehead atoms. The van der Waals surface area contributed by atoms with Gasteiger partial charge in [0.05, 0.1) is 31.4 Å². The summed E-state index contributed by atoms with van der Waals surface area (Å²) in [5.41, 5.74) is 5.47. The highest BCUT2D eigenvalue weighted by atomic mass is 16.5. The molecular weight excluding hydrogens is 729 g/mol. The lowest BCUT2D eigenvalue weighted by Crippen LogP contribution is -2.33. The van der Waals surface area contributed by atoms with Crippen molar-refractivity contribution in [2.24, 2.45) is 0 Å². The van der Waals surface area contributed by atoms with E-state index in [9.17, 15) is 9.59 Å². The van der Waals surface area contributed by atoms with Gasteiger partial charge in [0, 0.05) is 25.1 Å². The molecule has 10 heteroatoms. The van der Waals surface area contributed by atoms with Crippen LogP contribution in [0.2, 0.25) is 0 Å². The van der Waals surface area contributed by atoms with E-state index in [0.29, 0.717) is 36.1 Å². The summed E-state index contributed by atoms with van der Waals surface area (Å²) < 4.78 is 24.4. The van der Waals surface area contributed by atoms with Gasteiger partial charge in [-0.1, -0.05) is 88.4 Å². The fourth-order valence-electron chi connectivity index (χ4n) is 7.39. The molecule has 1 aliphatic rings. The second-order valence-corrected chi connectivity index (χ2v) is 15.7. The third-order valence-corrected chi connectivity index (χ3v) is 10.5. The van der Waals surface area contributed by atoms with Crippen molar-refractivity contribution in [3.8, 4) is 28.4 Å². The predicted molar refractivity (Wildman–Crippen MR) is 233 cm³/mol. The minimum atomic E-state index is -0.689. The Morgan fingerprint density at radius 1 is 0.707 bits per heavy atom. The van der Waals surface area contributed by atoms with Crippen LogP contribution >= 0.6 is 0 Å². The van der Waals surface area contributed by atoms with E-state index in [0.717, 1.165) is 79.9 Å². The number of amides is 2. The molecule has 0 fully saturated rings. The normalized spacial score (nSPS) is 12.8. The van der Waals surface area contributed by atoms with Crippen molar-refractivity contribution in [2.75, 3.05) is 64.4 Å². The van der Waals surface area contributed by atoms with Crippen molar-refractivity contribution in [2.45, 2.75) is 85.3 Å².